The summed E-state index contributed by atoms with van der Waals surface area (Å²) in [5.74, 6) is 0.303. The molecule has 0 aromatic rings. The smallest absolute Gasteiger partial charge is 0.0858 e. The quantitative estimate of drug-likeness (QED) is 0.478. The molecule has 0 amide bonds. The van der Waals surface area contributed by atoms with Gasteiger partial charge < -0.3 is 5.11 Å². The first-order valence-electron chi connectivity index (χ1n) is 1.80. The van der Waals surface area contributed by atoms with Crippen LogP contribution in [0.15, 0.2) is 11.8 Å². The van der Waals surface area contributed by atoms with E-state index in [1.54, 1.807) is 13.8 Å². The van der Waals surface area contributed by atoms with Gasteiger partial charge in [0.1, 0.15) is 0 Å². The molecule has 1 heteroatoms. The first kappa shape index (κ1) is 5.54. The van der Waals surface area contributed by atoms with Crippen LogP contribution in [-0.4, -0.2) is 5.11 Å². The molecule has 0 atom stereocenters. The molecule has 0 saturated carbocycles. The van der Waals surface area contributed by atoms with E-state index in [0.29, 0.717) is 5.76 Å². The molecular formula is C5H8O. The highest BCUT2D eigenvalue weighted by Gasteiger charge is 1.71. The summed E-state index contributed by atoms with van der Waals surface area (Å²) in [6.07, 6.45) is 4.17. The van der Waals surface area contributed by atoms with E-state index >= 15 is 0 Å². The Hall–Kier alpha value is -0.460. The van der Waals surface area contributed by atoms with Gasteiger partial charge in [-0.3, -0.25) is 0 Å². The monoisotopic (exact) mass is 84.1 g/mol. The average molecular weight is 84.1 g/mol. The van der Waals surface area contributed by atoms with Crippen molar-refractivity contribution in [3.05, 3.63) is 18.3 Å². The van der Waals surface area contributed by atoms with Crippen molar-refractivity contribution >= 4 is 0 Å². The fourth-order valence-corrected chi connectivity index (χ4v) is 0.209. The Bertz CT molecular complexity index is 51.0. The molecule has 0 saturated heterocycles. The second-order valence-electron chi connectivity index (χ2n) is 1.07. The minimum atomic E-state index is 0.303. The molecule has 6 heavy (non-hydrogen) atoms. The van der Waals surface area contributed by atoms with Gasteiger partial charge in [-0.05, 0) is 13.0 Å². The summed E-state index contributed by atoms with van der Waals surface area (Å²) in [4.78, 5) is 0. The molecule has 1 nitrogen and oxygen atoms in total. The summed E-state index contributed by atoms with van der Waals surface area (Å²) in [6.45, 7) is 3.34. The molecule has 1 N–H and O–H groups in total. The van der Waals surface area contributed by atoms with Crippen LogP contribution in [0.25, 0.3) is 0 Å². The molecule has 0 rings (SSSR count). The van der Waals surface area contributed by atoms with Gasteiger partial charge in [-0.2, -0.15) is 0 Å². The van der Waals surface area contributed by atoms with Crippen molar-refractivity contribution in [2.45, 2.75) is 13.8 Å². The van der Waals surface area contributed by atoms with Gasteiger partial charge in [0.05, 0.1) is 5.76 Å². The third-order valence-electron chi connectivity index (χ3n) is 0.353. The summed E-state index contributed by atoms with van der Waals surface area (Å²) < 4.78 is 0. The second-order valence-corrected chi connectivity index (χ2v) is 1.07. The van der Waals surface area contributed by atoms with Crippen molar-refractivity contribution in [1.29, 1.82) is 0 Å². The zero-order valence-corrected chi connectivity index (χ0v) is 4.02. The molecule has 0 heterocycles. The van der Waals surface area contributed by atoms with Crippen LogP contribution in [0.5, 0.6) is 0 Å². The van der Waals surface area contributed by atoms with Gasteiger partial charge in [-0.1, -0.05) is 6.92 Å². The lowest BCUT2D eigenvalue weighted by atomic mass is 10.4. The van der Waals surface area contributed by atoms with E-state index in [9.17, 15) is 0 Å². The molecule has 0 spiro atoms. The van der Waals surface area contributed by atoms with E-state index in [-0.39, 0.29) is 0 Å². The lowest BCUT2D eigenvalue weighted by Gasteiger charge is -1.79. The number of hydrogen-bond donors (Lipinski definition) is 1. The standard InChI is InChI=1S/C5H8O/c1-3-4-5(2)6/h4,6H,1-2H3/b5-4-. The maximum atomic E-state index is 8.35. The van der Waals surface area contributed by atoms with Gasteiger partial charge in [0.15, 0.2) is 0 Å². The second kappa shape index (κ2) is 2.76. The number of aliphatic hydroxyl groups excluding tert-OH is 1. The summed E-state index contributed by atoms with van der Waals surface area (Å²) in [5.41, 5.74) is 0. The normalized spacial score (nSPS) is 12.0. The Labute approximate surface area is 38.3 Å². The van der Waals surface area contributed by atoms with Crippen molar-refractivity contribution in [3.8, 4) is 0 Å². The van der Waals surface area contributed by atoms with Crippen molar-refractivity contribution in [2.24, 2.45) is 0 Å². The Balaban J connectivity index is 3.14. The van der Waals surface area contributed by atoms with E-state index < -0.39 is 0 Å². The maximum Gasteiger partial charge on any atom is 0.0858 e. The molecule has 0 aromatic carbocycles. The molecule has 2 radical (unpaired) electrons. The van der Waals surface area contributed by atoms with E-state index in [4.69, 9.17) is 5.11 Å². The van der Waals surface area contributed by atoms with Crippen molar-refractivity contribution in [2.75, 3.05) is 0 Å². The van der Waals surface area contributed by atoms with Crippen molar-refractivity contribution in [3.63, 3.8) is 0 Å². The number of rotatable bonds is 1. The summed E-state index contributed by atoms with van der Waals surface area (Å²) >= 11 is 0. The maximum absolute atomic E-state index is 8.35. The largest absolute Gasteiger partial charge is 0.513 e. The third-order valence-corrected chi connectivity index (χ3v) is 0.353. The molecule has 0 aliphatic heterocycles. The van der Waals surface area contributed by atoms with Gasteiger partial charge >= 0.3 is 0 Å². The predicted octanol–water partition coefficient (Wildman–Crippen LogP) is 1.55. The third kappa shape index (κ3) is 3.54. The van der Waals surface area contributed by atoms with Crippen molar-refractivity contribution < 1.29 is 5.11 Å². The van der Waals surface area contributed by atoms with Crippen LogP contribution < -0.4 is 0 Å². The zero-order chi connectivity index (χ0) is 4.99. The SMILES string of the molecule is C[C]/C=C(/C)O. The van der Waals surface area contributed by atoms with Crippen LogP contribution in [0.3, 0.4) is 0 Å². The van der Waals surface area contributed by atoms with Gasteiger partial charge in [0.2, 0.25) is 0 Å². The van der Waals surface area contributed by atoms with Crippen LogP contribution in [-0.2, 0) is 0 Å². The topological polar surface area (TPSA) is 20.2 Å². The molecule has 0 unspecified atom stereocenters. The van der Waals surface area contributed by atoms with Gasteiger partial charge in [0.25, 0.3) is 0 Å². The summed E-state index contributed by atoms with van der Waals surface area (Å²) in [5, 5.41) is 8.35. The van der Waals surface area contributed by atoms with E-state index in [1.165, 1.54) is 6.08 Å². The first-order chi connectivity index (χ1) is 2.77. The first-order valence-corrected chi connectivity index (χ1v) is 1.80. The molecular weight excluding hydrogens is 76.1 g/mol. The highest BCUT2D eigenvalue weighted by atomic mass is 16.3. The molecule has 0 aliphatic rings. The molecule has 0 aromatic heterocycles. The van der Waals surface area contributed by atoms with E-state index in [2.05, 4.69) is 6.42 Å². The van der Waals surface area contributed by atoms with Crippen LogP contribution in [0.4, 0.5) is 0 Å². The van der Waals surface area contributed by atoms with Gasteiger partial charge in [-0.25, -0.2) is 0 Å². The number of allylic oxidation sites excluding steroid dienone is 2. The van der Waals surface area contributed by atoms with Crippen LogP contribution in [0.1, 0.15) is 13.8 Å². The van der Waals surface area contributed by atoms with Crippen LogP contribution in [0, 0.1) is 6.42 Å². The van der Waals surface area contributed by atoms with Gasteiger partial charge in [0, 0.05) is 6.42 Å². The number of aliphatic hydroxyl groups is 1. The average Bonchev–Trinajstić information content (AvgIpc) is 1.35. The van der Waals surface area contributed by atoms with E-state index in [0.717, 1.165) is 0 Å². The molecule has 0 bridgehead atoms. The molecule has 34 valence electrons. The molecule has 0 aliphatic carbocycles. The summed E-state index contributed by atoms with van der Waals surface area (Å²) in [6, 6.07) is 0. The fourth-order valence-electron chi connectivity index (χ4n) is 0.209. The molecule has 0 fully saturated rings. The zero-order valence-electron chi connectivity index (χ0n) is 4.02. The van der Waals surface area contributed by atoms with E-state index in [1.807, 2.05) is 0 Å². The lowest BCUT2D eigenvalue weighted by molar-refractivity contribution is 0.414. The highest BCUT2D eigenvalue weighted by molar-refractivity contribution is 4.94. The minimum Gasteiger partial charge on any atom is -0.513 e. The predicted molar refractivity (Wildman–Crippen MR) is 25.3 cm³/mol. The van der Waals surface area contributed by atoms with Crippen molar-refractivity contribution in [1.82, 2.24) is 0 Å². The highest BCUT2D eigenvalue weighted by Crippen LogP contribution is 1.84. The van der Waals surface area contributed by atoms with Crippen LogP contribution in [0.2, 0.25) is 0 Å². The Kier molecular flexibility index (Phi) is 2.55. The lowest BCUT2D eigenvalue weighted by Crippen LogP contribution is -1.65. The fraction of sp³-hybridized carbons (Fsp3) is 0.400. The summed E-state index contributed by atoms with van der Waals surface area (Å²) in [7, 11) is 0. The minimum absolute atomic E-state index is 0.303. The Morgan fingerprint density at radius 1 is 1.83 bits per heavy atom. The van der Waals surface area contributed by atoms with Crippen LogP contribution >= 0.6 is 0 Å². The number of hydrogen-bond acceptors (Lipinski definition) is 1. The Morgan fingerprint density at radius 3 is 2.33 bits per heavy atom. The van der Waals surface area contributed by atoms with Gasteiger partial charge in [-0.15, -0.1) is 0 Å². The Morgan fingerprint density at radius 2 is 2.33 bits per heavy atom.